The molecule has 0 aliphatic heterocycles. The Morgan fingerprint density at radius 2 is 0.676 bits per heavy atom. The van der Waals surface area contributed by atoms with Crippen molar-refractivity contribution in [3.05, 3.63) is 204 Å². The molecule has 68 heavy (non-hydrogen) atoms. The van der Waals surface area contributed by atoms with Gasteiger partial charge in [0.1, 0.15) is 44.7 Å². The van der Waals surface area contributed by atoms with Crippen molar-refractivity contribution in [1.29, 1.82) is 0 Å². The Hall–Kier alpha value is -7.90. The number of hydrogen-bond donors (Lipinski definition) is 4. The molecule has 7 rings (SSSR count). The number of nitrogens with one attached hydrogen (secondary N) is 4. The van der Waals surface area contributed by atoms with Crippen LogP contribution in [0.5, 0.6) is 0 Å². The van der Waals surface area contributed by atoms with Crippen molar-refractivity contribution in [2.75, 3.05) is 21.3 Å². The van der Waals surface area contributed by atoms with Crippen LogP contribution in [0.15, 0.2) is 180 Å². The molecule has 0 unspecified atom stereocenters. The smallest absolute Gasteiger partial charge is 0.255 e. The van der Waals surface area contributed by atoms with E-state index in [1.807, 2.05) is 85.9 Å². The number of carbonyl (C=O) groups excluding carboxylic acids is 4. The molecule has 0 aliphatic rings. The topological polar surface area (TPSA) is 239 Å². The molecule has 0 atom stereocenters. The highest BCUT2D eigenvalue weighted by molar-refractivity contribution is 7.86. The minimum absolute atomic E-state index is 0.178. The van der Waals surface area contributed by atoms with E-state index in [4.69, 9.17) is 0 Å². The van der Waals surface area contributed by atoms with E-state index in [1.54, 1.807) is 97.1 Å². The van der Waals surface area contributed by atoms with Gasteiger partial charge >= 0.3 is 0 Å². The summed E-state index contributed by atoms with van der Waals surface area (Å²) >= 11 is 0. The van der Waals surface area contributed by atoms with Crippen molar-refractivity contribution in [3.63, 3.8) is 0 Å². The SMILES string of the molecule is CC[n+]1cccc(NC(=O)c2ccc(NC(=O)c3ccc(NC(=O)c4ccc(C(=O)Nc5ccc[n+](CC)c5)cc4)cc3)cc2)c1.Cc1ccc(S(=O)(=O)[O-])cc1.Cc1ccc(S(=O)(=O)[O-])cc1. The summed E-state index contributed by atoms with van der Waals surface area (Å²) in [6.07, 6.45) is 7.55. The van der Waals surface area contributed by atoms with Crippen LogP contribution in [0.2, 0.25) is 0 Å². The second kappa shape index (κ2) is 23.5. The lowest BCUT2D eigenvalue weighted by Gasteiger charge is -2.09. The summed E-state index contributed by atoms with van der Waals surface area (Å²) in [5.41, 5.74) is 5.93. The van der Waals surface area contributed by atoms with E-state index in [2.05, 4.69) is 21.3 Å². The van der Waals surface area contributed by atoms with Crippen molar-refractivity contribution in [1.82, 2.24) is 0 Å². The Morgan fingerprint density at radius 3 is 0.941 bits per heavy atom. The van der Waals surface area contributed by atoms with Gasteiger partial charge in [0.25, 0.3) is 23.6 Å². The summed E-state index contributed by atoms with van der Waals surface area (Å²) in [4.78, 5) is 50.5. The highest BCUT2D eigenvalue weighted by atomic mass is 32.2. The van der Waals surface area contributed by atoms with E-state index in [0.29, 0.717) is 45.0 Å². The van der Waals surface area contributed by atoms with E-state index in [-0.39, 0.29) is 33.4 Å². The van der Waals surface area contributed by atoms with Gasteiger partial charge in [0, 0.05) is 45.8 Å². The lowest BCUT2D eigenvalue weighted by molar-refractivity contribution is -0.693. The van der Waals surface area contributed by atoms with Crippen molar-refractivity contribution >= 4 is 66.6 Å². The van der Waals surface area contributed by atoms with Gasteiger partial charge in [-0.2, -0.15) is 0 Å². The van der Waals surface area contributed by atoms with Crippen LogP contribution in [-0.2, 0) is 33.3 Å². The zero-order chi connectivity index (χ0) is 49.4. The molecule has 0 radical (unpaired) electrons. The zero-order valence-electron chi connectivity index (χ0n) is 37.4. The molecular formula is C50H48N6O10S2. The van der Waals surface area contributed by atoms with Gasteiger partial charge < -0.3 is 30.4 Å². The van der Waals surface area contributed by atoms with E-state index in [1.165, 1.54) is 24.3 Å². The molecule has 4 amide bonds. The van der Waals surface area contributed by atoms with Crippen LogP contribution in [0.25, 0.3) is 0 Å². The van der Waals surface area contributed by atoms with Gasteiger partial charge in [-0.1, -0.05) is 35.4 Å². The Bertz CT molecular complexity index is 3020. The van der Waals surface area contributed by atoms with Gasteiger partial charge in [0.2, 0.25) is 0 Å². The number of benzene rings is 5. The number of rotatable bonds is 12. The lowest BCUT2D eigenvalue weighted by Crippen LogP contribution is -2.31. The van der Waals surface area contributed by atoms with Crippen LogP contribution in [0, 0.1) is 13.8 Å². The standard InChI is InChI=1S/C36H32N6O4.2C7H8O3S/c1-3-41-21-5-7-31(23-41)39-35(45)26-11-9-25(10-12-26)33(43)37-29-17-13-27(14-18-29)34(44)38-30-19-15-28(16-20-30)36(46)40-32-8-6-22-42(4-2)24-32;2*1-6-2-4-7(5-3-6)11(8,9)10/h5-24H,3-4H2,1-2H3,(H2-2,37,38,39,40,43,44,45,46);2*2-5H,1H3,(H,8,9,10). The van der Waals surface area contributed by atoms with Gasteiger partial charge in [-0.05, 0) is 137 Å². The van der Waals surface area contributed by atoms with Crippen molar-refractivity contribution in [2.24, 2.45) is 0 Å². The predicted octanol–water partition coefficient (Wildman–Crippen LogP) is 7.11. The number of anilines is 4. The Labute approximate surface area is 394 Å². The fourth-order valence-corrected chi connectivity index (χ4v) is 6.93. The fraction of sp³-hybridized carbons (Fsp3) is 0.120. The van der Waals surface area contributed by atoms with E-state index in [0.717, 1.165) is 24.2 Å². The van der Waals surface area contributed by atoms with Crippen LogP contribution in [0.3, 0.4) is 0 Å². The molecule has 0 saturated heterocycles. The van der Waals surface area contributed by atoms with E-state index >= 15 is 0 Å². The molecule has 0 saturated carbocycles. The van der Waals surface area contributed by atoms with Crippen LogP contribution in [-0.4, -0.2) is 49.6 Å². The van der Waals surface area contributed by atoms with Gasteiger partial charge in [0.05, 0.1) is 9.79 Å². The van der Waals surface area contributed by atoms with E-state index < -0.39 is 20.2 Å². The third-order valence-electron chi connectivity index (χ3n) is 9.80. The highest BCUT2D eigenvalue weighted by Crippen LogP contribution is 2.17. The van der Waals surface area contributed by atoms with Crippen molar-refractivity contribution in [3.8, 4) is 0 Å². The molecule has 4 N–H and O–H groups in total. The predicted molar refractivity (Wildman–Crippen MR) is 254 cm³/mol. The fourth-order valence-electron chi connectivity index (χ4n) is 5.99. The average molecular weight is 957 g/mol. The van der Waals surface area contributed by atoms with Crippen molar-refractivity contribution < 1.29 is 54.3 Å². The first kappa shape index (κ1) is 51.1. The molecule has 2 aromatic heterocycles. The third kappa shape index (κ3) is 15.6. The lowest BCUT2D eigenvalue weighted by atomic mass is 10.1. The number of nitrogens with zero attached hydrogens (tertiary/aromatic N) is 2. The minimum atomic E-state index is -4.27. The minimum Gasteiger partial charge on any atom is -0.744 e. The maximum absolute atomic E-state index is 12.8. The third-order valence-corrected chi connectivity index (χ3v) is 11.5. The first-order chi connectivity index (χ1) is 32.3. The number of pyridine rings is 2. The van der Waals surface area contributed by atoms with Crippen LogP contribution >= 0.6 is 0 Å². The Morgan fingerprint density at radius 1 is 0.412 bits per heavy atom. The summed E-state index contributed by atoms with van der Waals surface area (Å²) in [6, 6.07) is 38.4. The summed E-state index contributed by atoms with van der Waals surface area (Å²) in [7, 11) is -8.54. The maximum atomic E-state index is 12.8. The number of carbonyl (C=O) groups is 4. The van der Waals surface area contributed by atoms with E-state index in [9.17, 15) is 45.1 Å². The second-order valence-corrected chi connectivity index (χ2v) is 17.7. The summed E-state index contributed by atoms with van der Waals surface area (Å²) in [5.74, 6) is -1.21. The number of hydrogen-bond acceptors (Lipinski definition) is 10. The zero-order valence-corrected chi connectivity index (χ0v) is 39.0. The largest absolute Gasteiger partial charge is 0.744 e. The molecule has 2 heterocycles. The summed E-state index contributed by atoms with van der Waals surface area (Å²) in [6.45, 7) is 9.25. The molecule has 7 aromatic rings. The van der Waals surface area contributed by atoms with Crippen LogP contribution in [0.4, 0.5) is 22.7 Å². The Balaban J connectivity index is 0.000000319. The summed E-state index contributed by atoms with van der Waals surface area (Å²) < 4.78 is 66.3. The van der Waals surface area contributed by atoms with Crippen molar-refractivity contribution in [2.45, 2.75) is 50.6 Å². The molecule has 0 bridgehead atoms. The van der Waals surface area contributed by atoms with Gasteiger partial charge in [-0.15, -0.1) is 0 Å². The Kier molecular flexibility index (Phi) is 17.7. The van der Waals surface area contributed by atoms with Crippen LogP contribution < -0.4 is 30.4 Å². The second-order valence-electron chi connectivity index (χ2n) is 14.9. The molecule has 16 nitrogen and oxygen atoms in total. The van der Waals surface area contributed by atoms with Gasteiger partial charge in [-0.3, -0.25) is 19.2 Å². The summed E-state index contributed by atoms with van der Waals surface area (Å²) in [5, 5.41) is 11.3. The molecular weight excluding hydrogens is 909 g/mol. The highest BCUT2D eigenvalue weighted by Gasteiger charge is 2.14. The molecule has 350 valence electrons. The molecule has 0 aliphatic carbocycles. The van der Waals surface area contributed by atoms with Gasteiger partial charge in [0.15, 0.2) is 24.8 Å². The maximum Gasteiger partial charge on any atom is 0.255 e. The average Bonchev–Trinajstić information content (AvgIpc) is 3.32. The number of aromatic nitrogens is 2. The van der Waals surface area contributed by atoms with Crippen LogP contribution in [0.1, 0.15) is 66.4 Å². The quantitative estimate of drug-likeness (QED) is 0.0715. The number of aryl methyl sites for hydroxylation is 4. The first-order valence-corrected chi connectivity index (χ1v) is 23.7. The normalized spacial score (nSPS) is 10.8. The molecule has 0 fully saturated rings. The number of amides is 4. The monoisotopic (exact) mass is 956 g/mol. The molecule has 0 spiro atoms. The molecule has 18 heteroatoms. The molecule has 5 aromatic carbocycles. The van der Waals surface area contributed by atoms with Gasteiger partial charge in [-0.25, -0.2) is 26.0 Å². The first-order valence-electron chi connectivity index (χ1n) is 20.9.